The molecule has 0 unspecified atom stereocenters. The maximum Gasteiger partial charge on any atom is 0.410 e. The topological polar surface area (TPSA) is 93.5 Å². The molecule has 0 aliphatic carbocycles. The molecule has 23 heavy (non-hydrogen) atoms. The Morgan fingerprint density at radius 1 is 1.26 bits per heavy atom. The number of ether oxygens (including phenoxy) is 1. The van der Waals surface area contributed by atoms with E-state index in [0.29, 0.717) is 5.56 Å². The predicted octanol–water partition coefficient (Wildman–Crippen LogP) is 1.26. The van der Waals surface area contributed by atoms with Gasteiger partial charge in [-0.05, 0) is 38.5 Å². The van der Waals surface area contributed by atoms with E-state index in [1.807, 2.05) is 6.07 Å². The summed E-state index contributed by atoms with van der Waals surface area (Å²) in [5, 5.41) is 20.3. The molecule has 1 amide bonds. The fraction of sp³-hybridized carbons (Fsp3) is 0.471. The number of likely N-dealkylation sites (tertiary alicyclic amines) is 1. The Morgan fingerprint density at radius 3 is 2.35 bits per heavy atom. The van der Waals surface area contributed by atoms with Gasteiger partial charge in [0.2, 0.25) is 0 Å². The summed E-state index contributed by atoms with van der Waals surface area (Å²) >= 11 is 0. The third-order valence-corrected chi connectivity index (χ3v) is 3.74. The first-order valence-corrected chi connectivity index (χ1v) is 7.40. The van der Waals surface area contributed by atoms with Crippen LogP contribution in [0.1, 0.15) is 37.8 Å². The summed E-state index contributed by atoms with van der Waals surface area (Å²) in [7, 11) is 0. The average molecular weight is 315 g/mol. The molecule has 0 N–H and O–H groups in total. The first-order valence-electron chi connectivity index (χ1n) is 7.40. The van der Waals surface area contributed by atoms with E-state index in [1.54, 1.807) is 45.0 Å². The molecule has 1 aliphatic heterocycles. The number of carbonyl (C=O) groups excluding carboxylic acids is 2. The number of amides is 1. The van der Waals surface area contributed by atoms with Gasteiger partial charge in [0, 0.05) is 30.9 Å². The molecular formula is C17H19N2O4-. The van der Waals surface area contributed by atoms with Crippen molar-refractivity contribution in [3.8, 4) is 6.07 Å². The van der Waals surface area contributed by atoms with Crippen LogP contribution in [-0.2, 0) is 9.53 Å². The summed E-state index contributed by atoms with van der Waals surface area (Å²) in [6, 6.07) is 8.73. The minimum atomic E-state index is -1.19. The van der Waals surface area contributed by atoms with Crippen molar-refractivity contribution in [1.82, 2.24) is 4.90 Å². The van der Waals surface area contributed by atoms with Crippen molar-refractivity contribution in [1.29, 1.82) is 5.26 Å². The molecular weight excluding hydrogens is 296 g/mol. The van der Waals surface area contributed by atoms with Crippen LogP contribution in [0.25, 0.3) is 0 Å². The van der Waals surface area contributed by atoms with Gasteiger partial charge in [0.25, 0.3) is 0 Å². The minimum Gasteiger partial charge on any atom is -0.550 e. The Bertz CT molecular complexity index is 640. The van der Waals surface area contributed by atoms with Crippen LogP contribution in [0.5, 0.6) is 0 Å². The number of hydrogen-bond donors (Lipinski definition) is 0. The highest BCUT2D eigenvalue weighted by Gasteiger charge is 2.38. The van der Waals surface area contributed by atoms with Gasteiger partial charge in [0.1, 0.15) is 5.60 Å². The SMILES string of the molecule is CC(C)(C)OC(=O)N1C[C@@H](C(=O)[O-])[C@H](c2ccc(C#N)cc2)C1. The molecule has 6 nitrogen and oxygen atoms in total. The standard InChI is InChI=1S/C17H20N2O4/c1-17(2,3)23-16(22)19-9-13(14(10-19)15(20)21)12-6-4-11(8-18)5-7-12/h4-7,13-14H,9-10H2,1-3H3,(H,20,21)/p-1/t13-,14+/m0/s1. The normalized spacial score (nSPS) is 20.9. The second-order valence-electron chi connectivity index (χ2n) is 6.65. The largest absolute Gasteiger partial charge is 0.550 e. The zero-order valence-corrected chi connectivity index (χ0v) is 13.4. The summed E-state index contributed by atoms with van der Waals surface area (Å²) in [6.07, 6.45) is -0.528. The van der Waals surface area contributed by atoms with E-state index < -0.39 is 23.6 Å². The van der Waals surface area contributed by atoms with Gasteiger partial charge >= 0.3 is 6.09 Å². The molecule has 2 atom stereocenters. The van der Waals surface area contributed by atoms with Gasteiger partial charge in [0.05, 0.1) is 11.6 Å². The molecule has 2 rings (SSSR count). The van der Waals surface area contributed by atoms with Crippen LogP contribution < -0.4 is 5.11 Å². The number of carboxylic acids is 1. The van der Waals surface area contributed by atoms with Crippen molar-refractivity contribution in [2.75, 3.05) is 13.1 Å². The predicted molar refractivity (Wildman–Crippen MR) is 80.2 cm³/mol. The molecule has 6 heteroatoms. The summed E-state index contributed by atoms with van der Waals surface area (Å²) in [4.78, 5) is 25.0. The van der Waals surface area contributed by atoms with E-state index in [9.17, 15) is 14.7 Å². The molecule has 1 aromatic rings. The highest BCUT2D eigenvalue weighted by molar-refractivity contribution is 5.74. The van der Waals surface area contributed by atoms with E-state index in [1.165, 1.54) is 4.90 Å². The quantitative estimate of drug-likeness (QED) is 0.819. The lowest BCUT2D eigenvalue weighted by Crippen LogP contribution is -2.38. The molecule has 1 fully saturated rings. The average Bonchev–Trinajstić information content (AvgIpc) is 2.91. The highest BCUT2D eigenvalue weighted by atomic mass is 16.6. The molecule has 1 aliphatic rings. The molecule has 0 spiro atoms. The van der Waals surface area contributed by atoms with Crippen molar-refractivity contribution < 1.29 is 19.4 Å². The summed E-state index contributed by atoms with van der Waals surface area (Å²) in [5.41, 5.74) is 0.630. The Hall–Kier alpha value is -2.55. The number of benzene rings is 1. The lowest BCUT2D eigenvalue weighted by atomic mass is 9.89. The maximum absolute atomic E-state index is 12.2. The van der Waals surface area contributed by atoms with Crippen molar-refractivity contribution in [2.24, 2.45) is 5.92 Å². The van der Waals surface area contributed by atoms with Crippen LogP contribution in [0.15, 0.2) is 24.3 Å². The monoisotopic (exact) mass is 315 g/mol. The lowest BCUT2D eigenvalue weighted by Gasteiger charge is -2.24. The number of aliphatic carboxylic acids is 1. The van der Waals surface area contributed by atoms with E-state index in [4.69, 9.17) is 10.00 Å². The number of carboxylic acid groups (broad SMARTS) is 1. The smallest absolute Gasteiger partial charge is 0.410 e. The van der Waals surface area contributed by atoms with Gasteiger partial charge in [-0.2, -0.15) is 5.26 Å². The van der Waals surface area contributed by atoms with E-state index in [0.717, 1.165) is 5.56 Å². The third-order valence-electron chi connectivity index (χ3n) is 3.74. The second-order valence-corrected chi connectivity index (χ2v) is 6.65. The molecule has 0 aromatic heterocycles. The van der Waals surface area contributed by atoms with E-state index in [2.05, 4.69) is 0 Å². The van der Waals surface area contributed by atoms with Gasteiger partial charge in [-0.15, -0.1) is 0 Å². The number of nitrogens with zero attached hydrogens (tertiary/aromatic N) is 2. The van der Waals surface area contributed by atoms with Crippen LogP contribution in [0.2, 0.25) is 0 Å². The first kappa shape index (κ1) is 16.8. The Kier molecular flexibility index (Phi) is 4.60. The van der Waals surface area contributed by atoms with Crippen molar-refractivity contribution in [3.05, 3.63) is 35.4 Å². The second kappa shape index (κ2) is 6.29. The number of hydrogen-bond acceptors (Lipinski definition) is 5. The zero-order valence-electron chi connectivity index (χ0n) is 13.4. The number of carbonyl (C=O) groups is 2. The Morgan fingerprint density at radius 2 is 1.87 bits per heavy atom. The number of rotatable bonds is 2. The van der Waals surface area contributed by atoms with E-state index >= 15 is 0 Å². The van der Waals surface area contributed by atoms with E-state index in [-0.39, 0.29) is 19.0 Å². The van der Waals surface area contributed by atoms with Gasteiger partial charge in [-0.25, -0.2) is 4.79 Å². The third kappa shape index (κ3) is 4.01. The molecule has 122 valence electrons. The fourth-order valence-electron chi connectivity index (χ4n) is 2.66. The molecule has 1 saturated heterocycles. The van der Waals surface area contributed by atoms with Crippen molar-refractivity contribution in [3.63, 3.8) is 0 Å². The maximum atomic E-state index is 12.2. The van der Waals surface area contributed by atoms with Crippen LogP contribution in [0.4, 0.5) is 4.79 Å². The summed E-state index contributed by atoms with van der Waals surface area (Å²) in [5.74, 6) is -2.36. The minimum absolute atomic E-state index is 0.0575. The molecule has 0 saturated carbocycles. The van der Waals surface area contributed by atoms with Gasteiger partial charge in [-0.1, -0.05) is 12.1 Å². The van der Waals surface area contributed by atoms with Gasteiger partial charge in [0.15, 0.2) is 0 Å². The molecule has 0 bridgehead atoms. The number of nitriles is 1. The van der Waals surface area contributed by atoms with Gasteiger partial charge < -0.3 is 19.5 Å². The van der Waals surface area contributed by atoms with Crippen LogP contribution in [0.3, 0.4) is 0 Å². The molecule has 1 aromatic carbocycles. The first-order chi connectivity index (χ1) is 10.7. The summed E-state index contributed by atoms with van der Waals surface area (Å²) < 4.78 is 5.30. The van der Waals surface area contributed by atoms with Gasteiger partial charge in [-0.3, -0.25) is 0 Å². The van der Waals surface area contributed by atoms with Crippen LogP contribution in [-0.4, -0.2) is 35.7 Å². The van der Waals surface area contributed by atoms with Crippen LogP contribution in [0, 0.1) is 17.2 Å². The Labute approximate surface area is 135 Å². The Balaban J connectivity index is 2.19. The molecule has 0 radical (unpaired) electrons. The van der Waals surface area contributed by atoms with Crippen LogP contribution >= 0.6 is 0 Å². The fourth-order valence-corrected chi connectivity index (χ4v) is 2.66. The summed E-state index contributed by atoms with van der Waals surface area (Å²) in [6.45, 7) is 5.58. The highest BCUT2D eigenvalue weighted by Crippen LogP contribution is 2.33. The van der Waals surface area contributed by atoms with Crippen molar-refractivity contribution in [2.45, 2.75) is 32.3 Å². The van der Waals surface area contributed by atoms with Crippen molar-refractivity contribution >= 4 is 12.1 Å². The lowest BCUT2D eigenvalue weighted by molar-refractivity contribution is -0.311. The molecule has 1 heterocycles. The zero-order chi connectivity index (χ0) is 17.2.